The summed E-state index contributed by atoms with van der Waals surface area (Å²) >= 11 is 0. The third kappa shape index (κ3) is 27.1. The molecule has 0 aliphatic rings. The number of carbonyl (C=O) groups excluding carboxylic acids is 1. The standard InChI is InChI=1S/C28H54N2O7/c1-36-23-24-37-22-21-29-20-16-17-25(28(34)35)30-26(31)18-14-12-10-8-6-4-2-3-5-7-9-11-13-15-19-27(32)33/h25,29H,2-24H2,1H3,(H,30,31)(H,32,33)(H,34,35). The Labute approximate surface area is 224 Å². The Hall–Kier alpha value is -1.71. The summed E-state index contributed by atoms with van der Waals surface area (Å²) in [6, 6.07) is -0.829. The molecule has 0 fully saturated rings. The molecule has 1 atom stereocenters. The van der Waals surface area contributed by atoms with Crippen molar-refractivity contribution in [2.75, 3.05) is 40.0 Å². The van der Waals surface area contributed by atoms with E-state index in [0.29, 0.717) is 58.6 Å². The fourth-order valence-corrected chi connectivity index (χ4v) is 4.15. The Kier molecular flexibility index (Phi) is 26.1. The normalized spacial score (nSPS) is 11.9. The number of hydrogen-bond acceptors (Lipinski definition) is 6. The Morgan fingerprint density at radius 3 is 1.65 bits per heavy atom. The molecule has 0 aliphatic heterocycles. The zero-order valence-electron chi connectivity index (χ0n) is 23.3. The van der Waals surface area contributed by atoms with E-state index >= 15 is 0 Å². The van der Waals surface area contributed by atoms with Gasteiger partial charge in [0.2, 0.25) is 5.91 Å². The van der Waals surface area contributed by atoms with Crippen molar-refractivity contribution < 1.29 is 34.1 Å². The van der Waals surface area contributed by atoms with Crippen molar-refractivity contribution in [1.29, 1.82) is 0 Å². The number of ether oxygens (including phenoxy) is 2. The van der Waals surface area contributed by atoms with Crippen molar-refractivity contribution in [1.82, 2.24) is 10.6 Å². The summed E-state index contributed by atoms with van der Waals surface area (Å²) in [5, 5.41) is 23.9. The van der Waals surface area contributed by atoms with E-state index in [0.717, 1.165) is 38.5 Å². The second-order valence-corrected chi connectivity index (χ2v) is 9.80. The summed E-state index contributed by atoms with van der Waals surface area (Å²) in [4.78, 5) is 34.0. The van der Waals surface area contributed by atoms with E-state index in [1.807, 2.05) is 0 Å². The third-order valence-electron chi connectivity index (χ3n) is 6.38. The molecule has 1 unspecified atom stereocenters. The highest BCUT2D eigenvalue weighted by Crippen LogP contribution is 2.14. The van der Waals surface area contributed by atoms with Crippen molar-refractivity contribution in [2.45, 2.75) is 122 Å². The van der Waals surface area contributed by atoms with E-state index in [4.69, 9.17) is 14.6 Å². The second-order valence-electron chi connectivity index (χ2n) is 9.80. The van der Waals surface area contributed by atoms with Gasteiger partial charge in [0, 0.05) is 26.5 Å². The quantitative estimate of drug-likeness (QED) is 0.100. The number of carboxylic acids is 2. The van der Waals surface area contributed by atoms with E-state index < -0.39 is 18.0 Å². The average Bonchev–Trinajstić information content (AvgIpc) is 2.86. The highest BCUT2D eigenvalue weighted by Gasteiger charge is 2.18. The lowest BCUT2D eigenvalue weighted by Crippen LogP contribution is -2.41. The van der Waals surface area contributed by atoms with Crippen LogP contribution in [0.5, 0.6) is 0 Å². The van der Waals surface area contributed by atoms with Gasteiger partial charge < -0.3 is 30.3 Å². The minimum Gasteiger partial charge on any atom is -0.481 e. The number of methoxy groups -OCH3 is 1. The van der Waals surface area contributed by atoms with Crippen LogP contribution in [-0.2, 0) is 23.9 Å². The average molecular weight is 531 g/mol. The lowest BCUT2D eigenvalue weighted by atomic mass is 10.0. The van der Waals surface area contributed by atoms with Crippen LogP contribution >= 0.6 is 0 Å². The van der Waals surface area contributed by atoms with Crippen LogP contribution in [0.1, 0.15) is 116 Å². The summed E-state index contributed by atoms with van der Waals surface area (Å²) < 4.78 is 10.3. The van der Waals surface area contributed by atoms with Gasteiger partial charge in [-0.25, -0.2) is 4.79 Å². The van der Waals surface area contributed by atoms with E-state index in [1.54, 1.807) is 7.11 Å². The van der Waals surface area contributed by atoms with Crippen LogP contribution in [-0.4, -0.2) is 74.1 Å². The first kappa shape index (κ1) is 35.3. The van der Waals surface area contributed by atoms with Gasteiger partial charge in [0.1, 0.15) is 6.04 Å². The monoisotopic (exact) mass is 530 g/mol. The van der Waals surface area contributed by atoms with Gasteiger partial charge in [-0.1, -0.05) is 77.0 Å². The Morgan fingerprint density at radius 1 is 0.649 bits per heavy atom. The number of rotatable bonds is 29. The minimum atomic E-state index is -0.980. The van der Waals surface area contributed by atoms with Gasteiger partial charge in [0.15, 0.2) is 0 Å². The minimum absolute atomic E-state index is 0.172. The molecule has 218 valence electrons. The molecule has 0 heterocycles. The van der Waals surface area contributed by atoms with Crippen LogP contribution in [0.3, 0.4) is 0 Å². The van der Waals surface area contributed by atoms with E-state index in [9.17, 15) is 19.5 Å². The smallest absolute Gasteiger partial charge is 0.326 e. The highest BCUT2D eigenvalue weighted by molar-refractivity contribution is 5.83. The molecule has 0 rings (SSSR count). The molecule has 0 radical (unpaired) electrons. The van der Waals surface area contributed by atoms with Crippen molar-refractivity contribution in [3.63, 3.8) is 0 Å². The van der Waals surface area contributed by atoms with Crippen molar-refractivity contribution in [3.8, 4) is 0 Å². The first-order valence-electron chi connectivity index (χ1n) is 14.5. The summed E-state index contributed by atoms with van der Waals surface area (Å²) in [5.74, 6) is -1.84. The van der Waals surface area contributed by atoms with Crippen LogP contribution in [0.15, 0.2) is 0 Å². The van der Waals surface area contributed by atoms with Gasteiger partial charge in [-0.05, 0) is 32.2 Å². The molecule has 9 nitrogen and oxygen atoms in total. The predicted octanol–water partition coefficient (Wildman–Crippen LogP) is 4.91. The maximum absolute atomic E-state index is 12.1. The third-order valence-corrected chi connectivity index (χ3v) is 6.38. The van der Waals surface area contributed by atoms with Gasteiger partial charge in [-0.3, -0.25) is 9.59 Å². The van der Waals surface area contributed by atoms with Crippen LogP contribution in [0.25, 0.3) is 0 Å². The Balaban J connectivity index is 3.51. The lowest BCUT2D eigenvalue weighted by Gasteiger charge is -2.15. The Bertz CT molecular complexity index is 561. The maximum Gasteiger partial charge on any atom is 0.326 e. The first-order chi connectivity index (χ1) is 18.0. The maximum atomic E-state index is 12.1. The number of nitrogens with one attached hydrogen (secondary N) is 2. The fourth-order valence-electron chi connectivity index (χ4n) is 4.15. The molecule has 0 spiro atoms. The highest BCUT2D eigenvalue weighted by atomic mass is 16.5. The molecular formula is C28H54N2O7. The molecule has 4 N–H and O–H groups in total. The molecule has 0 aliphatic carbocycles. The molecule has 0 saturated carbocycles. The zero-order chi connectivity index (χ0) is 27.4. The first-order valence-corrected chi connectivity index (χ1v) is 14.5. The van der Waals surface area contributed by atoms with Crippen molar-refractivity contribution in [2.24, 2.45) is 0 Å². The zero-order valence-corrected chi connectivity index (χ0v) is 23.3. The number of carbonyl (C=O) groups is 3. The van der Waals surface area contributed by atoms with Gasteiger partial charge in [0.05, 0.1) is 19.8 Å². The van der Waals surface area contributed by atoms with Crippen LogP contribution < -0.4 is 10.6 Å². The molecule has 0 aromatic rings. The summed E-state index contributed by atoms with van der Waals surface area (Å²) in [5.41, 5.74) is 0. The van der Waals surface area contributed by atoms with Crippen LogP contribution in [0.4, 0.5) is 0 Å². The predicted molar refractivity (Wildman–Crippen MR) is 146 cm³/mol. The lowest BCUT2D eigenvalue weighted by molar-refractivity contribution is -0.142. The van der Waals surface area contributed by atoms with Gasteiger partial charge in [-0.2, -0.15) is 0 Å². The number of aliphatic carboxylic acids is 2. The molecule has 0 aromatic heterocycles. The second kappa shape index (κ2) is 27.3. The van der Waals surface area contributed by atoms with E-state index in [-0.39, 0.29) is 5.91 Å². The number of carboxylic acid groups (broad SMARTS) is 2. The molecule has 0 aromatic carbocycles. The Morgan fingerprint density at radius 2 is 1.16 bits per heavy atom. The molecule has 1 amide bonds. The molecule has 0 bridgehead atoms. The van der Waals surface area contributed by atoms with Crippen molar-refractivity contribution in [3.05, 3.63) is 0 Å². The van der Waals surface area contributed by atoms with Gasteiger partial charge >= 0.3 is 11.9 Å². The fraction of sp³-hybridized carbons (Fsp3) is 0.893. The van der Waals surface area contributed by atoms with Gasteiger partial charge in [0.25, 0.3) is 0 Å². The molecular weight excluding hydrogens is 476 g/mol. The molecule has 9 heteroatoms. The number of unbranched alkanes of at least 4 members (excludes halogenated alkanes) is 13. The topological polar surface area (TPSA) is 134 Å². The number of hydrogen-bond donors (Lipinski definition) is 4. The SMILES string of the molecule is COCCOCCNCCCC(NC(=O)CCCCCCCCCCCCCCCCC(=O)O)C(=O)O. The largest absolute Gasteiger partial charge is 0.481 e. The molecule has 0 saturated heterocycles. The summed E-state index contributed by atoms with van der Waals surface area (Å²) in [7, 11) is 1.63. The van der Waals surface area contributed by atoms with Crippen LogP contribution in [0.2, 0.25) is 0 Å². The summed E-state index contributed by atoms with van der Waals surface area (Å²) in [6.07, 6.45) is 17.6. The molecule has 37 heavy (non-hydrogen) atoms. The van der Waals surface area contributed by atoms with Gasteiger partial charge in [-0.15, -0.1) is 0 Å². The van der Waals surface area contributed by atoms with E-state index in [2.05, 4.69) is 10.6 Å². The van der Waals surface area contributed by atoms with Crippen LogP contribution in [0, 0.1) is 0 Å². The van der Waals surface area contributed by atoms with Crippen molar-refractivity contribution >= 4 is 17.8 Å². The van der Waals surface area contributed by atoms with E-state index in [1.165, 1.54) is 51.4 Å². The summed E-state index contributed by atoms with van der Waals surface area (Å²) in [6.45, 7) is 3.11. The number of amides is 1.